The predicted octanol–water partition coefficient (Wildman–Crippen LogP) is 6.26. The van der Waals surface area contributed by atoms with Crippen molar-refractivity contribution in [2.75, 3.05) is 17.7 Å². The van der Waals surface area contributed by atoms with Crippen LogP contribution in [0.3, 0.4) is 0 Å². The summed E-state index contributed by atoms with van der Waals surface area (Å²) in [7, 11) is 0. The SMILES string of the molecule is CCOC(=O)c1ccccc1NC(c1cc(C)cc2c(=O)c(C)c(SCC)oc12)C1CC1. The molecule has 6 heteroatoms. The Bertz CT molecular complexity index is 1210. The average Bonchev–Trinajstić information content (AvgIpc) is 3.62. The fourth-order valence-corrected chi connectivity index (χ4v) is 4.80. The Balaban J connectivity index is 1.85. The lowest BCUT2D eigenvalue weighted by Crippen LogP contribution is -2.18. The number of thioether (sulfide) groups is 1. The summed E-state index contributed by atoms with van der Waals surface area (Å²) in [5.74, 6) is 0.889. The van der Waals surface area contributed by atoms with E-state index in [9.17, 15) is 9.59 Å². The van der Waals surface area contributed by atoms with E-state index in [4.69, 9.17) is 9.15 Å². The lowest BCUT2D eigenvalue weighted by atomic mass is 9.96. The van der Waals surface area contributed by atoms with E-state index >= 15 is 0 Å². The molecule has 0 radical (unpaired) electrons. The van der Waals surface area contributed by atoms with Crippen molar-refractivity contribution in [2.45, 2.75) is 51.7 Å². The third-order valence-corrected chi connectivity index (χ3v) is 6.73. The second-order valence-corrected chi connectivity index (χ2v) is 9.47. The van der Waals surface area contributed by atoms with Crippen LogP contribution >= 0.6 is 11.8 Å². The maximum atomic E-state index is 13.2. The predicted molar refractivity (Wildman–Crippen MR) is 130 cm³/mol. The number of carbonyl (C=O) groups is 1. The van der Waals surface area contributed by atoms with Crippen molar-refractivity contribution in [2.24, 2.45) is 5.92 Å². The zero-order valence-electron chi connectivity index (χ0n) is 19.0. The Kier molecular flexibility index (Phi) is 6.60. The minimum Gasteiger partial charge on any atom is -0.462 e. The maximum Gasteiger partial charge on any atom is 0.340 e. The van der Waals surface area contributed by atoms with Crippen LogP contribution in [0.4, 0.5) is 5.69 Å². The molecular weight excluding hydrogens is 422 g/mol. The summed E-state index contributed by atoms with van der Waals surface area (Å²) in [5.41, 5.74) is 4.54. The first-order valence-electron chi connectivity index (χ1n) is 11.2. The number of hydrogen-bond donors (Lipinski definition) is 1. The molecule has 0 bridgehead atoms. The molecule has 5 nitrogen and oxygen atoms in total. The highest BCUT2D eigenvalue weighted by Crippen LogP contribution is 2.45. The standard InChI is InChI=1S/C26H29NO4S/c1-5-30-25(29)18-9-7-8-10-21(18)27-22(17-11-12-17)19-13-15(3)14-20-23(28)16(4)26(32-6-2)31-24(19)20/h7-10,13-14,17,22,27H,5-6,11-12H2,1-4H3. The Morgan fingerprint density at radius 3 is 2.66 bits per heavy atom. The van der Waals surface area contributed by atoms with Crippen LogP contribution in [-0.2, 0) is 4.74 Å². The number of carbonyl (C=O) groups excluding carboxylic acids is 1. The first kappa shape index (κ1) is 22.5. The van der Waals surface area contributed by atoms with Crippen molar-refractivity contribution in [1.29, 1.82) is 0 Å². The van der Waals surface area contributed by atoms with Gasteiger partial charge in [-0.2, -0.15) is 0 Å². The molecule has 0 amide bonds. The first-order valence-corrected chi connectivity index (χ1v) is 12.2. The van der Waals surface area contributed by atoms with Crippen LogP contribution in [0.5, 0.6) is 0 Å². The molecule has 0 saturated heterocycles. The number of para-hydroxylation sites is 1. The number of aryl methyl sites for hydroxylation is 1. The minimum absolute atomic E-state index is 0.0219. The maximum absolute atomic E-state index is 13.2. The van der Waals surface area contributed by atoms with Crippen molar-refractivity contribution < 1.29 is 13.9 Å². The number of anilines is 1. The molecule has 1 unspecified atom stereocenters. The molecule has 2 aromatic carbocycles. The lowest BCUT2D eigenvalue weighted by molar-refractivity contribution is 0.0527. The van der Waals surface area contributed by atoms with Crippen LogP contribution in [0.2, 0.25) is 0 Å². The van der Waals surface area contributed by atoms with Crippen LogP contribution in [0.25, 0.3) is 11.0 Å². The Morgan fingerprint density at radius 2 is 1.97 bits per heavy atom. The molecule has 1 heterocycles. The molecule has 3 aromatic rings. The van der Waals surface area contributed by atoms with Gasteiger partial charge < -0.3 is 14.5 Å². The summed E-state index contributed by atoms with van der Waals surface area (Å²) in [4.78, 5) is 25.7. The molecule has 4 rings (SSSR count). The first-order chi connectivity index (χ1) is 15.4. The molecule has 1 aromatic heterocycles. The van der Waals surface area contributed by atoms with Gasteiger partial charge in [-0.15, -0.1) is 0 Å². The molecule has 0 spiro atoms. The summed E-state index contributed by atoms with van der Waals surface area (Å²) < 4.78 is 11.6. The quantitative estimate of drug-likeness (QED) is 0.322. The van der Waals surface area contributed by atoms with Gasteiger partial charge in [-0.05, 0) is 69.0 Å². The molecule has 1 aliphatic carbocycles. The van der Waals surface area contributed by atoms with Gasteiger partial charge >= 0.3 is 5.97 Å². The van der Waals surface area contributed by atoms with E-state index in [1.165, 1.54) is 0 Å². The number of benzene rings is 2. The van der Waals surface area contributed by atoms with Gasteiger partial charge in [0.05, 0.1) is 23.6 Å². The second kappa shape index (κ2) is 9.41. The molecule has 1 N–H and O–H groups in total. The van der Waals surface area contributed by atoms with Gasteiger partial charge in [-0.25, -0.2) is 4.79 Å². The topological polar surface area (TPSA) is 68.5 Å². The second-order valence-electron chi connectivity index (χ2n) is 8.23. The van der Waals surface area contributed by atoms with Crippen LogP contribution < -0.4 is 10.7 Å². The zero-order valence-corrected chi connectivity index (χ0v) is 19.8. The largest absolute Gasteiger partial charge is 0.462 e. The highest BCUT2D eigenvalue weighted by Gasteiger charge is 2.35. The highest BCUT2D eigenvalue weighted by molar-refractivity contribution is 7.99. The summed E-state index contributed by atoms with van der Waals surface area (Å²) in [6, 6.07) is 11.4. The van der Waals surface area contributed by atoms with E-state index in [0.29, 0.717) is 39.7 Å². The fraction of sp³-hybridized carbons (Fsp3) is 0.385. The van der Waals surface area contributed by atoms with E-state index in [2.05, 4.69) is 11.4 Å². The fourth-order valence-electron chi connectivity index (χ4n) is 4.09. The highest BCUT2D eigenvalue weighted by atomic mass is 32.2. The smallest absolute Gasteiger partial charge is 0.340 e. The van der Waals surface area contributed by atoms with Crippen molar-refractivity contribution in [3.63, 3.8) is 0 Å². The van der Waals surface area contributed by atoms with E-state index in [1.807, 2.05) is 45.0 Å². The van der Waals surface area contributed by atoms with Crippen LogP contribution in [0, 0.1) is 19.8 Å². The summed E-state index contributed by atoms with van der Waals surface area (Å²) in [6.45, 7) is 8.01. The van der Waals surface area contributed by atoms with Gasteiger partial charge in [0.15, 0.2) is 10.5 Å². The van der Waals surface area contributed by atoms with Crippen molar-refractivity contribution in [3.8, 4) is 0 Å². The number of fused-ring (bicyclic) bond motifs is 1. The summed E-state index contributed by atoms with van der Waals surface area (Å²) in [5, 5.41) is 4.89. The molecule has 32 heavy (non-hydrogen) atoms. The lowest BCUT2D eigenvalue weighted by Gasteiger charge is -2.23. The van der Waals surface area contributed by atoms with Gasteiger partial charge in [-0.3, -0.25) is 4.79 Å². The third-order valence-electron chi connectivity index (χ3n) is 5.79. The van der Waals surface area contributed by atoms with E-state index in [-0.39, 0.29) is 17.4 Å². The van der Waals surface area contributed by atoms with Gasteiger partial charge in [0.2, 0.25) is 0 Å². The van der Waals surface area contributed by atoms with Crippen molar-refractivity contribution in [3.05, 3.63) is 68.9 Å². The molecular formula is C26H29NO4S. The van der Waals surface area contributed by atoms with Crippen LogP contribution in [0.15, 0.2) is 50.7 Å². The van der Waals surface area contributed by atoms with Crippen LogP contribution in [-0.4, -0.2) is 18.3 Å². The van der Waals surface area contributed by atoms with E-state index in [0.717, 1.165) is 35.4 Å². The van der Waals surface area contributed by atoms with Gasteiger partial charge in [-0.1, -0.05) is 36.9 Å². The Hall–Kier alpha value is -2.73. The number of nitrogens with one attached hydrogen (secondary N) is 1. The molecule has 1 saturated carbocycles. The number of esters is 1. The molecule has 168 valence electrons. The van der Waals surface area contributed by atoms with Gasteiger partial charge in [0.1, 0.15) is 5.58 Å². The van der Waals surface area contributed by atoms with Gasteiger partial charge in [0.25, 0.3) is 0 Å². The summed E-state index contributed by atoms with van der Waals surface area (Å²) in [6.07, 6.45) is 2.17. The number of rotatable bonds is 8. The Labute approximate surface area is 192 Å². The summed E-state index contributed by atoms with van der Waals surface area (Å²) >= 11 is 1.55. The molecule has 1 aliphatic rings. The number of ether oxygens (including phenoxy) is 1. The van der Waals surface area contributed by atoms with Gasteiger partial charge in [0, 0.05) is 16.8 Å². The van der Waals surface area contributed by atoms with Crippen LogP contribution in [0.1, 0.15) is 59.8 Å². The molecule has 1 fully saturated rings. The van der Waals surface area contributed by atoms with Crippen molar-refractivity contribution in [1.82, 2.24) is 0 Å². The van der Waals surface area contributed by atoms with Crippen molar-refractivity contribution >= 4 is 34.4 Å². The van der Waals surface area contributed by atoms with E-state index in [1.54, 1.807) is 24.8 Å². The third kappa shape index (κ3) is 4.42. The number of hydrogen-bond acceptors (Lipinski definition) is 6. The molecule has 1 atom stereocenters. The van der Waals surface area contributed by atoms with E-state index < -0.39 is 0 Å². The normalized spacial score (nSPS) is 14.4. The Morgan fingerprint density at radius 1 is 1.22 bits per heavy atom. The zero-order chi connectivity index (χ0) is 22.8. The minimum atomic E-state index is -0.344. The monoisotopic (exact) mass is 451 g/mol. The molecule has 0 aliphatic heterocycles. The average molecular weight is 452 g/mol.